The number of hydrogen-bond donors (Lipinski definition) is 0. The molecule has 138 valence electrons. The van der Waals surface area contributed by atoms with Crippen LogP contribution in [0, 0.1) is 10.1 Å². The van der Waals surface area contributed by atoms with Gasteiger partial charge in [0, 0.05) is 25.2 Å². The second-order valence-corrected chi connectivity index (χ2v) is 5.02. The third-order valence-corrected chi connectivity index (χ3v) is 3.44. The average Bonchev–Trinajstić information content (AvgIpc) is 2.60. The van der Waals surface area contributed by atoms with Gasteiger partial charge in [-0.3, -0.25) is 14.9 Å². The van der Waals surface area contributed by atoms with Crippen LogP contribution < -0.4 is 9.47 Å². The highest BCUT2D eigenvalue weighted by Crippen LogP contribution is 2.30. The maximum Gasteiger partial charge on any atom is 0.344 e. The van der Waals surface area contributed by atoms with Gasteiger partial charge in [-0.05, 0) is 26.8 Å². The molecule has 1 amide bonds. The Labute approximate surface area is 145 Å². The third-order valence-electron chi connectivity index (χ3n) is 3.44. The number of benzene rings is 1. The summed E-state index contributed by atoms with van der Waals surface area (Å²) in [5.41, 5.74) is -0.212. The fourth-order valence-electron chi connectivity index (χ4n) is 2.11. The quantitative estimate of drug-likeness (QED) is 0.378. The van der Waals surface area contributed by atoms with E-state index in [0.717, 1.165) is 0 Å². The minimum Gasteiger partial charge on any atom is -0.490 e. The first kappa shape index (κ1) is 20.2. The Morgan fingerprint density at radius 3 is 2.44 bits per heavy atom. The number of carbonyl (C=O) groups excluding carboxylic acids is 2. The highest BCUT2D eigenvalue weighted by atomic mass is 16.6. The monoisotopic (exact) mass is 354 g/mol. The van der Waals surface area contributed by atoms with Crippen LogP contribution in [0.1, 0.15) is 20.8 Å². The summed E-state index contributed by atoms with van der Waals surface area (Å²) < 4.78 is 15.2. The van der Waals surface area contributed by atoms with Crippen molar-refractivity contribution in [1.82, 2.24) is 4.90 Å². The number of likely N-dealkylation sites (N-methyl/N-ethyl adjacent to an activating group) is 1. The van der Waals surface area contributed by atoms with E-state index in [4.69, 9.17) is 14.2 Å². The molecule has 0 fully saturated rings. The van der Waals surface area contributed by atoms with Gasteiger partial charge in [0.1, 0.15) is 5.75 Å². The molecule has 1 unspecified atom stereocenters. The number of carbonyl (C=O) groups is 2. The van der Waals surface area contributed by atoms with Crippen LogP contribution in [0.3, 0.4) is 0 Å². The summed E-state index contributed by atoms with van der Waals surface area (Å²) in [7, 11) is 1.29. The molecule has 0 heterocycles. The average molecular weight is 354 g/mol. The Morgan fingerprint density at radius 1 is 1.28 bits per heavy atom. The molecule has 0 spiro atoms. The van der Waals surface area contributed by atoms with E-state index in [0.29, 0.717) is 13.1 Å². The van der Waals surface area contributed by atoms with Gasteiger partial charge < -0.3 is 19.1 Å². The molecule has 25 heavy (non-hydrogen) atoms. The second-order valence-electron chi connectivity index (χ2n) is 5.02. The van der Waals surface area contributed by atoms with Gasteiger partial charge in [0.15, 0.2) is 12.7 Å². The van der Waals surface area contributed by atoms with Crippen molar-refractivity contribution in [2.45, 2.75) is 26.9 Å². The summed E-state index contributed by atoms with van der Waals surface area (Å²) in [4.78, 5) is 35.6. The molecule has 9 heteroatoms. The van der Waals surface area contributed by atoms with Crippen molar-refractivity contribution in [3.8, 4) is 11.5 Å². The van der Waals surface area contributed by atoms with Crippen molar-refractivity contribution in [2.24, 2.45) is 0 Å². The van der Waals surface area contributed by atoms with Crippen LogP contribution in [0.5, 0.6) is 11.5 Å². The van der Waals surface area contributed by atoms with E-state index >= 15 is 0 Å². The molecule has 1 aromatic carbocycles. The number of ether oxygens (including phenoxy) is 3. The number of esters is 1. The number of nitro groups is 1. The highest BCUT2D eigenvalue weighted by Gasteiger charge is 2.22. The number of nitro benzene ring substituents is 1. The standard InChI is InChI=1S/C16H22N2O7/c1-5-17(6-2)16(20)11(3)25-15(19)10-24-12-7-8-13(18(21)22)14(9-12)23-4/h7-9,11H,5-6,10H2,1-4H3. The summed E-state index contributed by atoms with van der Waals surface area (Å²) in [5, 5.41) is 10.8. The zero-order chi connectivity index (χ0) is 19.0. The minimum atomic E-state index is -0.914. The maximum atomic E-state index is 12.0. The van der Waals surface area contributed by atoms with E-state index in [1.807, 2.05) is 13.8 Å². The van der Waals surface area contributed by atoms with E-state index in [1.54, 1.807) is 4.90 Å². The smallest absolute Gasteiger partial charge is 0.344 e. The van der Waals surface area contributed by atoms with Crippen LogP contribution in [0.2, 0.25) is 0 Å². The Bertz CT molecular complexity index is 629. The molecular formula is C16H22N2O7. The van der Waals surface area contributed by atoms with Gasteiger partial charge in [0.2, 0.25) is 5.75 Å². The van der Waals surface area contributed by atoms with Gasteiger partial charge >= 0.3 is 11.7 Å². The van der Waals surface area contributed by atoms with E-state index in [1.165, 1.54) is 32.2 Å². The molecule has 0 aliphatic heterocycles. The van der Waals surface area contributed by atoms with Crippen LogP contribution >= 0.6 is 0 Å². The lowest BCUT2D eigenvalue weighted by atomic mass is 10.3. The van der Waals surface area contributed by atoms with Crippen molar-refractivity contribution in [3.63, 3.8) is 0 Å². The van der Waals surface area contributed by atoms with Crippen molar-refractivity contribution < 1.29 is 28.7 Å². The number of hydrogen-bond acceptors (Lipinski definition) is 7. The first-order valence-corrected chi connectivity index (χ1v) is 7.77. The van der Waals surface area contributed by atoms with Gasteiger partial charge in [0.25, 0.3) is 5.91 Å². The molecule has 1 aromatic rings. The molecule has 0 saturated heterocycles. The molecule has 1 atom stereocenters. The van der Waals surface area contributed by atoms with E-state index in [9.17, 15) is 19.7 Å². The Morgan fingerprint density at radius 2 is 1.92 bits per heavy atom. The fourth-order valence-corrected chi connectivity index (χ4v) is 2.11. The zero-order valence-electron chi connectivity index (χ0n) is 14.7. The lowest BCUT2D eigenvalue weighted by Gasteiger charge is -2.22. The molecular weight excluding hydrogens is 332 g/mol. The highest BCUT2D eigenvalue weighted by molar-refractivity contribution is 5.83. The van der Waals surface area contributed by atoms with Crippen molar-refractivity contribution in [3.05, 3.63) is 28.3 Å². The van der Waals surface area contributed by atoms with Crippen molar-refractivity contribution >= 4 is 17.6 Å². The van der Waals surface area contributed by atoms with Crippen LogP contribution in [0.15, 0.2) is 18.2 Å². The van der Waals surface area contributed by atoms with Crippen LogP contribution in [-0.4, -0.2) is 54.6 Å². The summed E-state index contributed by atoms with van der Waals surface area (Å²) in [6, 6.07) is 3.86. The van der Waals surface area contributed by atoms with Crippen LogP contribution in [-0.2, 0) is 14.3 Å². The number of methoxy groups -OCH3 is 1. The Kier molecular flexibility index (Phi) is 7.64. The summed E-state index contributed by atoms with van der Waals surface area (Å²) in [6.07, 6.45) is -0.914. The SMILES string of the molecule is CCN(CC)C(=O)C(C)OC(=O)COc1ccc([N+](=O)[O-])c(OC)c1. The largest absolute Gasteiger partial charge is 0.490 e. The lowest BCUT2D eigenvalue weighted by molar-refractivity contribution is -0.385. The van der Waals surface area contributed by atoms with Crippen molar-refractivity contribution in [1.29, 1.82) is 0 Å². The molecule has 1 rings (SSSR count). The zero-order valence-corrected chi connectivity index (χ0v) is 14.7. The summed E-state index contributed by atoms with van der Waals surface area (Å²) in [5.74, 6) is -0.774. The van der Waals surface area contributed by atoms with E-state index in [2.05, 4.69) is 0 Å². The molecule has 0 aromatic heterocycles. The van der Waals surface area contributed by atoms with Gasteiger partial charge in [-0.2, -0.15) is 0 Å². The van der Waals surface area contributed by atoms with Crippen LogP contribution in [0.25, 0.3) is 0 Å². The summed E-state index contributed by atoms with van der Waals surface area (Å²) in [6.45, 7) is 5.78. The maximum absolute atomic E-state index is 12.0. The second kappa shape index (κ2) is 9.45. The molecule has 0 aliphatic carbocycles. The number of amides is 1. The predicted molar refractivity (Wildman–Crippen MR) is 88.6 cm³/mol. The number of rotatable bonds is 9. The first-order valence-electron chi connectivity index (χ1n) is 7.77. The van der Waals surface area contributed by atoms with E-state index < -0.39 is 23.6 Å². The van der Waals surface area contributed by atoms with Gasteiger partial charge in [-0.25, -0.2) is 4.79 Å². The molecule has 0 aliphatic rings. The van der Waals surface area contributed by atoms with E-state index in [-0.39, 0.29) is 23.1 Å². The molecule has 9 nitrogen and oxygen atoms in total. The topological polar surface area (TPSA) is 108 Å². The van der Waals surface area contributed by atoms with Gasteiger partial charge in [-0.15, -0.1) is 0 Å². The molecule has 0 N–H and O–H groups in total. The van der Waals surface area contributed by atoms with Crippen LogP contribution in [0.4, 0.5) is 5.69 Å². The van der Waals surface area contributed by atoms with Gasteiger partial charge in [0.05, 0.1) is 12.0 Å². The molecule has 0 radical (unpaired) electrons. The first-order chi connectivity index (χ1) is 11.8. The molecule has 0 saturated carbocycles. The minimum absolute atomic E-state index is 0.0148. The fraction of sp³-hybridized carbons (Fsp3) is 0.500. The summed E-state index contributed by atoms with van der Waals surface area (Å²) >= 11 is 0. The Hall–Kier alpha value is -2.84. The number of nitrogens with zero attached hydrogens (tertiary/aromatic N) is 2. The van der Waals surface area contributed by atoms with Gasteiger partial charge in [-0.1, -0.05) is 0 Å². The molecule has 0 bridgehead atoms. The Balaban J connectivity index is 2.62. The predicted octanol–water partition coefficient (Wildman–Crippen LogP) is 1.78. The normalized spacial score (nSPS) is 11.4. The third kappa shape index (κ3) is 5.63. The lowest BCUT2D eigenvalue weighted by Crippen LogP contribution is -2.40. The van der Waals surface area contributed by atoms with Crippen molar-refractivity contribution in [2.75, 3.05) is 26.8 Å².